The molecule has 1 amide bonds. The monoisotopic (exact) mass is 227 g/mol. The number of pyridine rings is 1. The van der Waals surface area contributed by atoms with Crippen LogP contribution >= 0.6 is 0 Å². The number of hydrogen-bond acceptors (Lipinski definition) is 3. The molecule has 0 saturated carbocycles. The lowest BCUT2D eigenvalue weighted by molar-refractivity contribution is 0.100. The van der Waals surface area contributed by atoms with Crippen molar-refractivity contribution in [1.29, 1.82) is 0 Å². The highest BCUT2D eigenvalue weighted by Crippen LogP contribution is 2.26. The van der Waals surface area contributed by atoms with Crippen LogP contribution in [0.3, 0.4) is 0 Å². The van der Waals surface area contributed by atoms with E-state index in [1.54, 1.807) is 6.20 Å². The Hall–Kier alpha value is -2.36. The van der Waals surface area contributed by atoms with Crippen molar-refractivity contribution < 1.29 is 4.79 Å². The first-order valence-electron chi connectivity index (χ1n) is 5.21. The average Bonchev–Trinajstić information content (AvgIpc) is 2.30. The summed E-state index contributed by atoms with van der Waals surface area (Å²) in [6.07, 6.45) is 1.66. The number of carbonyl (C=O) groups excluding carboxylic acids is 1. The Labute approximate surface area is 99.3 Å². The van der Waals surface area contributed by atoms with Gasteiger partial charge in [-0.1, -0.05) is 30.3 Å². The number of amides is 1. The van der Waals surface area contributed by atoms with Gasteiger partial charge in [-0.25, -0.2) is 4.98 Å². The highest BCUT2D eigenvalue weighted by molar-refractivity contribution is 6.00. The molecule has 0 aliphatic heterocycles. The number of nitrogens with two attached hydrogens (primary N) is 2. The van der Waals surface area contributed by atoms with Crippen LogP contribution in [0.15, 0.2) is 36.5 Å². The molecule has 0 aliphatic rings. The smallest absolute Gasteiger partial charge is 0.252 e. The van der Waals surface area contributed by atoms with Gasteiger partial charge in [-0.05, 0) is 18.1 Å². The molecule has 1 aromatic carbocycles. The minimum atomic E-state index is -0.551. The molecule has 0 atom stereocenters. The molecule has 0 aliphatic carbocycles. The second kappa shape index (κ2) is 4.25. The summed E-state index contributed by atoms with van der Waals surface area (Å²) in [4.78, 5) is 15.3. The molecule has 0 spiro atoms. The number of anilines is 1. The van der Waals surface area contributed by atoms with Crippen LogP contribution in [-0.2, 0) is 0 Å². The maximum absolute atomic E-state index is 11.3. The quantitative estimate of drug-likeness (QED) is 0.819. The van der Waals surface area contributed by atoms with Gasteiger partial charge in [-0.2, -0.15) is 0 Å². The van der Waals surface area contributed by atoms with Crippen molar-refractivity contribution in [2.45, 2.75) is 6.92 Å². The molecule has 0 fully saturated rings. The number of primary amides is 1. The Morgan fingerprint density at radius 1 is 1.24 bits per heavy atom. The Morgan fingerprint density at radius 2 is 1.88 bits per heavy atom. The Kier molecular flexibility index (Phi) is 2.78. The summed E-state index contributed by atoms with van der Waals surface area (Å²) >= 11 is 0. The first kappa shape index (κ1) is 11.1. The van der Waals surface area contributed by atoms with E-state index >= 15 is 0 Å². The van der Waals surface area contributed by atoms with E-state index in [1.165, 1.54) is 0 Å². The molecule has 86 valence electrons. The second-order valence-electron chi connectivity index (χ2n) is 3.79. The highest BCUT2D eigenvalue weighted by Gasteiger charge is 2.14. The molecule has 2 aromatic rings. The molecule has 2 rings (SSSR count). The number of benzene rings is 1. The largest absolute Gasteiger partial charge is 0.383 e. The Balaban J connectivity index is 2.66. The fourth-order valence-electron chi connectivity index (χ4n) is 1.84. The van der Waals surface area contributed by atoms with Gasteiger partial charge in [-0.15, -0.1) is 0 Å². The third kappa shape index (κ3) is 1.97. The van der Waals surface area contributed by atoms with Crippen LogP contribution in [0.4, 0.5) is 5.82 Å². The summed E-state index contributed by atoms with van der Waals surface area (Å²) in [6, 6.07) is 9.68. The fourth-order valence-corrected chi connectivity index (χ4v) is 1.84. The van der Waals surface area contributed by atoms with Crippen LogP contribution in [0.25, 0.3) is 11.1 Å². The lowest BCUT2D eigenvalue weighted by atomic mass is 9.98. The fraction of sp³-hybridized carbons (Fsp3) is 0.0769. The number of aromatic nitrogens is 1. The van der Waals surface area contributed by atoms with E-state index in [0.29, 0.717) is 5.56 Å². The molecule has 4 N–H and O–H groups in total. The van der Waals surface area contributed by atoms with Crippen molar-refractivity contribution in [3.8, 4) is 11.1 Å². The van der Waals surface area contributed by atoms with Crippen molar-refractivity contribution in [1.82, 2.24) is 4.98 Å². The minimum absolute atomic E-state index is 0.176. The minimum Gasteiger partial charge on any atom is -0.383 e. The molecular formula is C13H13N3O. The second-order valence-corrected chi connectivity index (χ2v) is 3.79. The van der Waals surface area contributed by atoms with E-state index in [2.05, 4.69) is 4.98 Å². The van der Waals surface area contributed by atoms with Crippen molar-refractivity contribution in [2.24, 2.45) is 5.73 Å². The van der Waals surface area contributed by atoms with Crippen molar-refractivity contribution in [3.05, 3.63) is 47.7 Å². The zero-order chi connectivity index (χ0) is 12.4. The summed E-state index contributed by atoms with van der Waals surface area (Å²) < 4.78 is 0. The third-order valence-corrected chi connectivity index (χ3v) is 2.70. The number of nitrogens with zero attached hydrogens (tertiary/aromatic N) is 1. The molecule has 4 heteroatoms. The zero-order valence-electron chi connectivity index (χ0n) is 9.47. The molecule has 0 unspecified atom stereocenters. The van der Waals surface area contributed by atoms with Gasteiger partial charge in [-0.3, -0.25) is 4.79 Å². The summed E-state index contributed by atoms with van der Waals surface area (Å²) in [7, 11) is 0. The van der Waals surface area contributed by atoms with E-state index in [1.807, 2.05) is 37.3 Å². The Bertz CT molecular complexity index is 564. The summed E-state index contributed by atoms with van der Waals surface area (Å²) in [5.74, 6) is -0.375. The van der Waals surface area contributed by atoms with Crippen LogP contribution < -0.4 is 11.5 Å². The highest BCUT2D eigenvalue weighted by atomic mass is 16.1. The van der Waals surface area contributed by atoms with Gasteiger partial charge in [0.2, 0.25) is 0 Å². The molecule has 4 nitrogen and oxygen atoms in total. The van der Waals surface area contributed by atoms with Crippen molar-refractivity contribution in [2.75, 3.05) is 5.73 Å². The molecule has 0 saturated heterocycles. The standard InChI is InChI=1S/C13H13N3O/c1-8-10(9-5-3-2-4-6-9)7-16-12(14)11(8)13(15)17/h2-7H,1H3,(H2,14,16)(H2,15,17). The summed E-state index contributed by atoms with van der Waals surface area (Å²) in [5.41, 5.74) is 13.9. The van der Waals surface area contributed by atoms with Crippen LogP contribution in [-0.4, -0.2) is 10.9 Å². The van der Waals surface area contributed by atoms with Gasteiger partial charge in [0.25, 0.3) is 5.91 Å². The van der Waals surface area contributed by atoms with E-state index in [4.69, 9.17) is 11.5 Å². The van der Waals surface area contributed by atoms with Crippen LogP contribution in [0, 0.1) is 6.92 Å². The van der Waals surface area contributed by atoms with Gasteiger partial charge in [0, 0.05) is 11.8 Å². The maximum atomic E-state index is 11.3. The van der Waals surface area contributed by atoms with E-state index in [0.717, 1.165) is 16.7 Å². The molecular weight excluding hydrogens is 214 g/mol. The van der Waals surface area contributed by atoms with Gasteiger partial charge < -0.3 is 11.5 Å². The third-order valence-electron chi connectivity index (χ3n) is 2.70. The van der Waals surface area contributed by atoms with Crippen molar-refractivity contribution >= 4 is 11.7 Å². The number of hydrogen-bond donors (Lipinski definition) is 2. The molecule has 1 aromatic heterocycles. The van der Waals surface area contributed by atoms with E-state index in [9.17, 15) is 4.79 Å². The zero-order valence-corrected chi connectivity index (χ0v) is 9.47. The topological polar surface area (TPSA) is 82.0 Å². The van der Waals surface area contributed by atoms with Gasteiger partial charge in [0.05, 0.1) is 5.56 Å². The Morgan fingerprint density at radius 3 is 2.47 bits per heavy atom. The maximum Gasteiger partial charge on any atom is 0.252 e. The molecule has 1 heterocycles. The predicted molar refractivity (Wildman–Crippen MR) is 67.3 cm³/mol. The van der Waals surface area contributed by atoms with Gasteiger partial charge in [0.15, 0.2) is 0 Å². The van der Waals surface area contributed by atoms with Crippen molar-refractivity contribution in [3.63, 3.8) is 0 Å². The lowest BCUT2D eigenvalue weighted by Crippen LogP contribution is -2.16. The SMILES string of the molecule is Cc1c(-c2ccccc2)cnc(N)c1C(N)=O. The molecule has 0 radical (unpaired) electrons. The summed E-state index contributed by atoms with van der Waals surface area (Å²) in [6.45, 7) is 1.82. The molecule has 17 heavy (non-hydrogen) atoms. The van der Waals surface area contributed by atoms with Gasteiger partial charge >= 0.3 is 0 Å². The number of carbonyl (C=O) groups is 1. The summed E-state index contributed by atoms with van der Waals surface area (Å²) in [5, 5.41) is 0. The molecule has 0 bridgehead atoms. The van der Waals surface area contributed by atoms with E-state index < -0.39 is 5.91 Å². The van der Waals surface area contributed by atoms with Crippen LogP contribution in [0.2, 0.25) is 0 Å². The number of nitrogen functional groups attached to an aromatic ring is 1. The first-order chi connectivity index (χ1) is 8.11. The van der Waals surface area contributed by atoms with E-state index in [-0.39, 0.29) is 5.82 Å². The number of rotatable bonds is 2. The lowest BCUT2D eigenvalue weighted by Gasteiger charge is -2.10. The first-order valence-corrected chi connectivity index (χ1v) is 5.21. The van der Waals surface area contributed by atoms with Gasteiger partial charge in [0.1, 0.15) is 5.82 Å². The van der Waals surface area contributed by atoms with Crippen LogP contribution in [0.1, 0.15) is 15.9 Å². The predicted octanol–water partition coefficient (Wildman–Crippen LogP) is 1.74. The normalized spacial score (nSPS) is 10.2. The average molecular weight is 227 g/mol. The van der Waals surface area contributed by atoms with Crippen LogP contribution in [0.5, 0.6) is 0 Å².